The van der Waals surface area contributed by atoms with Gasteiger partial charge < -0.3 is 19.8 Å². The number of hydrogen-bond acceptors (Lipinski definition) is 6. The second-order valence-electron chi connectivity index (χ2n) is 13.3. The summed E-state index contributed by atoms with van der Waals surface area (Å²) in [5, 5.41) is 5.18. The number of carbonyl (C=O) groups is 1. The number of aromatic nitrogens is 4. The van der Waals surface area contributed by atoms with Crippen LogP contribution < -0.4 is 10.2 Å². The van der Waals surface area contributed by atoms with Gasteiger partial charge in [0.05, 0.1) is 35.2 Å². The number of halogens is 2. The van der Waals surface area contributed by atoms with Gasteiger partial charge in [-0.1, -0.05) is 71.7 Å². The van der Waals surface area contributed by atoms with Gasteiger partial charge in [-0.05, 0) is 68.1 Å². The number of imidazole rings is 1. The van der Waals surface area contributed by atoms with Crippen LogP contribution in [0.25, 0.3) is 33.4 Å². The van der Waals surface area contributed by atoms with Crippen LogP contribution in [0.4, 0.5) is 11.5 Å². The maximum absolute atomic E-state index is 14.6. The number of anilines is 2. The summed E-state index contributed by atoms with van der Waals surface area (Å²) in [4.78, 5) is 29.8. The van der Waals surface area contributed by atoms with Gasteiger partial charge in [0.15, 0.2) is 5.82 Å². The normalized spacial score (nSPS) is 17.1. The van der Waals surface area contributed by atoms with Crippen molar-refractivity contribution < 1.29 is 13.2 Å². The van der Waals surface area contributed by atoms with E-state index in [2.05, 4.69) is 31.7 Å². The van der Waals surface area contributed by atoms with Crippen LogP contribution in [0.1, 0.15) is 48.3 Å². The Balaban J connectivity index is 1.19. The van der Waals surface area contributed by atoms with Crippen molar-refractivity contribution in [1.29, 1.82) is 0 Å². The molecule has 2 saturated heterocycles. The summed E-state index contributed by atoms with van der Waals surface area (Å²) in [5.74, 6) is 0.519. The Morgan fingerprint density at radius 3 is 2.40 bits per heavy atom. The summed E-state index contributed by atoms with van der Waals surface area (Å²) in [6.07, 6.45) is 5.59. The number of H-pyrrole nitrogens is 1. The van der Waals surface area contributed by atoms with Gasteiger partial charge in [0, 0.05) is 63.9 Å². The van der Waals surface area contributed by atoms with Crippen LogP contribution in [0, 0.1) is 0 Å². The average Bonchev–Trinajstić information content (AvgIpc) is 3.86. The highest BCUT2D eigenvalue weighted by Crippen LogP contribution is 2.42. The zero-order valence-electron chi connectivity index (χ0n) is 28.5. The highest BCUT2D eigenvalue weighted by Gasteiger charge is 2.37. The van der Waals surface area contributed by atoms with Crippen LogP contribution in [0.5, 0.6) is 0 Å². The van der Waals surface area contributed by atoms with Crippen molar-refractivity contribution in [3.63, 3.8) is 0 Å². The van der Waals surface area contributed by atoms with E-state index in [1.165, 1.54) is 0 Å². The first kappa shape index (κ1) is 34.4. The first-order valence-electron chi connectivity index (χ1n) is 17.4. The lowest BCUT2D eigenvalue weighted by Crippen LogP contribution is -2.46. The van der Waals surface area contributed by atoms with E-state index >= 15 is 0 Å². The van der Waals surface area contributed by atoms with Crippen LogP contribution in [0.15, 0.2) is 97.5 Å². The van der Waals surface area contributed by atoms with Gasteiger partial charge >= 0.3 is 0 Å². The lowest BCUT2D eigenvalue weighted by Gasteiger charge is -2.37. The molecule has 266 valence electrons. The molecule has 6 aromatic rings. The molecule has 1 atom stereocenters. The van der Waals surface area contributed by atoms with Gasteiger partial charge in [0.25, 0.3) is 5.91 Å². The van der Waals surface area contributed by atoms with E-state index in [0.29, 0.717) is 77.2 Å². The Labute approximate surface area is 312 Å². The molecule has 2 fully saturated rings. The van der Waals surface area contributed by atoms with Crippen molar-refractivity contribution in [1.82, 2.24) is 23.8 Å². The first-order valence-corrected chi connectivity index (χ1v) is 19.7. The van der Waals surface area contributed by atoms with E-state index in [0.717, 1.165) is 27.9 Å². The number of hydrogen-bond donors (Lipinski definition) is 2. The molecule has 0 spiro atoms. The number of amides is 1. The summed E-state index contributed by atoms with van der Waals surface area (Å²) in [6, 6.07) is 26.7. The number of nitrogens with one attached hydrogen (secondary N) is 2. The molecule has 3 aromatic carbocycles. The zero-order valence-corrected chi connectivity index (χ0v) is 30.8. The standard InChI is InChI=1S/C39H37Cl2N7O3S/c1-25(26-10-12-28(40)13-11-26)47-24-43-35(27-7-3-2-4-8-27)37(47)34-31-15-14-29(41)23-33(31)44-36(34)39(49)45-32-9-5-18-42-38(32)46-20-16-30(17-21-46)48-19-6-22-52(48,50)51/h2-5,7-15,18,23-25,30,44H,6,16-17,19-22H2,1H3,(H,45,49)/t25-/m0/s1. The Kier molecular flexibility index (Phi) is 9.29. The fourth-order valence-electron chi connectivity index (χ4n) is 7.56. The van der Waals surface area contributed by atoms with Crippen molar-refractivity contribution in [3.05, 3.63) is 119 Å². The molecule has 13 heteroatoms. The Hall–Kier alpha value is -4.68. The minimum atomic E-state index is -3.19. The molecular weight excluding hydrogens is 717 g/mol. The average molecular weight is 755 g/mol. The lowest BCUT2D eigenvalue weighted by atomic mass is 9.99. The summed E-state index contributed by atoms with van der Waals surface area (Å²) in [6.45, 7) is 3.92. The van der Waals surface area contributed by atoms with Crippen molar-refractivity contribution in [2.45, 2.75) is 38.3 Å². The van der Waals surface area contributed by atoms with E-state index in [1.807, 2.05) is 85.2 Å². The SMILES string of the molecule is C[C@@H](c1ccc(Cl)cc1)n1cnc(-c2ccccc2)c1-c1c(C(=O)Nc2cccnc2N2CCC(N3CCCS3(=O)=O)CC2)[nH]c2cc(Cl)ccc12. The monoisotopic (exact) mass is 753 g/mol. The Morgan fingerprint density at radius 2 is 1.67 bits per heavy atom. The molecule has 52 heavy (non-hydrogen) atoms. The number of aromatic amines is 1. The van der Waals surface area contributed by atoms with Gasteiger partial charge in [0.2, 0.25) is 10.0 Å². The second kappa shape index (κ2) is 14.0. The second-order valence-corrected chi connectivity index (χ2v) is 16.2. The zero-order chi connectivity index (χ0) is 36.0. The van der Waals surface area contributed by atoms with Gasteiger partial charge in [0.1, 0.15) is 5.69 Å². The van der Waals surface area contributed by atoms with Crippen LogP contribution in [0.2, 0.25) is 10.0 Å². The molecule has 0 radical (unpaired) electrons. The highest BCUT2D eigenvalue weighted by molar-refractivity contribution is 7.89. The molecule has 0 bridgehead atoms. The van der Waals surface area contributed by atoms with Crippen LogP contribution in [0.3, 0.4) is 0 Å². The fraction of sp³-hybridized carbons (Fsp3) is 0.256. The van der Waals surface area contributed by atoms with Gasteiger partial charge in [-0.15, -0.1) is 0 Å². The minimum absolute atomic E-state index is 0.0230. The molecule has 0 saturated carbocycles. The van der Waals surface area contributed by atoms with E-state index in [9.17, 15) is 13.2 Å². The van der Waals surface area contributed by atoms with Crippen molar-refractivity contribution in [2.75, 3.05) is 35.6 Å². The molecule has 1 amide bonds. The molecule has 5 heterocycles. The minimum Gasteiger partial charge on any atom is -0.355 e. The highest BCUT2D eigenvalue weighted by atomic mass is 35.5. The van der Waals surface area contributed by atoms with Crippen LogP contribution in [-0.4, -0.2) is 69.6 Å². The Morgan fingerprint density at radius 1 is 0.923 bits per heavy atom. The summed E-state index contributed by atoms with van der Waals surface area (Å²) < 4.78 is 29.0. The number of fused-ring (bicyclic) bond motifs is 1. The van der Waals surface area contributed by atoms with Crippen LogP contribution >= 0.6 is 23.2 Å². The fourth-order valence-corrected chi connectivity index (χ4v) is 9.66. The van der Waals surface area contributed by atoms with Gasteiger partial charge in [-0.2, -0.15) is 4.31 Å². The van der Waals surface area contributed by atoms with Gasteiger partial charge in [-0.25, -0.2) is 18.4 Å². The number of nitrogens with zero attached hydrogens (tertiary/aromatic N) is 5. The molecule has 8 rings (SSSR count). The van der Waals surface area contributed by atoms with E-state index in [4.69, 9.17) is 28.2 Å². The molecule has 10 nitrogen and oxygen atoms in total. The third kappa shape index (κ3) is 6.47. The maximum Gasteiger partial charge on any atom is 0.272 e. The molecular formula is C39H37Cl2N7O3S. The molecule has 2 aliphatic heterocycles. The molecule has 2 aliphatic rings. The number of carbonyl (C=O) groups excluding carboxylic acids is 1. The Bertz CT molecular complexity index is 2370. The summed E-state index contributed by atoms with van der Waals surface area (Å²) in [7, 11) is -3.19. The van der Waals surface area contributed by atoms with Crippen molar-refractivity contribution in [3.8, 4) is 22.5 Å². The lowest BCUT2D eigenvalue weighted by molar-refractivity contribution is 0.102. The summed E-state index contributed by atoms with van der Waals surface area (Å²) in [5.41, 5.74) is 5.77. The van der Waals surface area contributed by atoms with Gasteiger partial charge in [-0.3, -0.25) is 4.79 Å². The third-order valence-electron chi connectivity index (χ3n) is 10.2. The molecule has 0 aliphatic carbocycles. The largest absolute Gasteiger partial charge is 0.355 e. The van der Waals surface area contributed by atoms with Crippen molar-refractivity contribution >= 4 is 61.5 Å². The smallest absolute Gasteiger partial charge is 0.272 e. The maximum atomic E-state index is 14.6. The molecule has 0 unspecified atom stereocenters. The van der Waals surface area contributed by atoms with E-state index in [-0.39, 0.29) is 23.7 Å². The molecule has 2 N–H and O–H groups in total. The number of sulfonamides is 1. The van der Waals surface area contributed by atoms with E-state index in [1.54, 1.807) is 16.6 Å². The number of pyridine rings is 1. The first-order chi connectivity index (χ1) is 25.2. The van der Waals surface area contributed by atoms with E-state index < -0.39 is 10.0 Å². The topological polar surface area (TPSA) is 116 Å². The molecule has 3 aromatic heterocycles. The van der Waals surface area contributed by atoms with Crippen LogP contribution in [-0.2, 0) is 10.0 Å². The summed E-state index contributed by atoms with van der Waals surface area (Å²) >= 11 is 12.7. The quantitative estimate of drug-likeness (QED) is 0.162. The third-order valence-corrected chi connectivity index (χ3v) is 12.7. The predicted octanol–water partition coefficient (Wildman–Crippen LogP) is 8.27. The predicted molar refractivity (Wildman–Crippen MR) is 208 cm³/mol. The number of rotatable bonds is 8. The van der Waals surface area contributed by atoms with Crippen molar-refractivity contribution in [2.24, 2.45) is 0 Å². The number of piperidine rings is 1. The number of benzene rings is 3.